The van der Waals surface area contributed by atoms with Crippen molar-refractivity contribution < 1.29 is 14.3 Å². The van der Waals surface area contributed by atoms with E-state index in [2.05, 4.69) is 15.3 Å². The lowest BCUT2D eigenvalue weighted by Crippen LogP contribution is -2.60. The Bertz CT molecular complexity index is 558. The molecule has 1 aromatic rings. The molecule has 3 rings (SSSR count). The molecule has 2 amide bonds. The van der Waals surface area contributed by atoms with Gasteiger partial charge >= 0.3 is 6.09 Å². The highest BCUT2D eigenvalue weighted by Gasteiger charge is 2.44. The number of hydrogen-bond donors (Lipinski definition) is 2. The fraction of sp³-hybridized carbons (Fsp3) is 0.600. The molecule has 2 aliphatic rings. The number of likely N-dealkylation sites (tertiary alicyclic amines) is 1. The van der Waals surface area contributed by atoms with E-state index >= 15 is 0 Å². The number of rotatable bonds is 1. The van der Waals surface area contributed by atoms with Gasteiger partial charge in [0, 0.05) is 31.5 Å². The zero-order valence-corrected chi connectivity index (χ0v) is 13.7. The Kier molecular flexibility index (Phi) is 5.15. The van der Waals surface area contributed by atoms with Gasteiger partial charge in [0.15, 0.2) is 0 Å². The first-order valence-corrected chi connectivity index (χ1v) is 7.57. The van der Waals surface area contributed by atoms with Gasteiger partial charge in [-0.05, 0) is 27.2 Å². The van der Waals surface area contributed by atoms with Crippen LogP contribution in [0.15, 0.2) is 18.6 Å². The second-order valence-electron chi connectivity index (χ2n) is 6.50. The molecular weight excluding hydrogens is 298 g/mol. The van der Waals surface area contributed by atoms with Gasteiger partial charge in [0.05, 0.1) is 12.2 Å². The van der Waals surface area contributed by atoms with Gasteiger partial charge in [-0.3, -0.25) is 9.78 Å². The van der Waals surface area contributed by atoms with Crippen molar-refractivity contribution in [3.05, 3.63) is 24.3 Å². The number of hydrogen-bond acceptors (Lipinski definition) is 6. The number of carbonyl (C=O) groups is 2. The number of aromatic nitrogens is 2. The second kappa shape index (κ2) is 6.91. The Morgan fingerprint density at radius 1 is 1.39 bits per heavy atom. The zero-order chi connectivity index (χ0) is 17.0. The molecule has 2 atom stereocenters. The molecule has 8 nitrogen and oxygen atoms in total. The van der Waals surface area contributed by atoms with Crippen LogP contribution in [0.3, 0.4) is 0 Å². The topological polar surface area (TPSA) is 110 Å². The van der Waals surface area contributed by atoms with Crippen LogP contribution < -0.4 is 11.1 Å². The average Bonchev–Trinajstić information content (AvgIpc) is 2.73. The van der Waals surface area contributed by atoms with Crippen molar-refractivity contribution in [1.82, 2.24) is 20.2 Å². The highest BCUT2D eigenvalue weighted by atomic mass is 16.6. The highest BCUT2D eigenvalue weighted by Crippen LogP contribution is 2.25. The van der Waals surface area contributed by atoms with Crippen molar-refractivity contribution in [2.45, 2.75) is 44.9 Å². The Hall–Kier alpha value is -2.22. The monoisotopic (exact) mass is 321 g/mol. The minimum absolute atomic E-state index is 0.161. The van der Waals surface area contributed by atoms with E-state index in [0.717, 1.165) is 19.5 Å². The van der Waals surface area contributed by atoms with Crippen molar-refractivity contribution in [1.29, 1.82) is 0 Å². The smallest absolute Gasteiger partial charge is 0.410 e. The van der Waals surface area contributed by atoms with Gasteiger partial charge in [-0.25, -0.2) is 9.78 Å². The molecule has 0 saturated carbocycles. The van der Waals surface area contributed by atoms with Gasteiger partial charge in [0.25, 0.3) is 5.91 Å². The zero-order valence-electron chi connectivity index (χ0n) is 13.7. The van der Waals surface area contributed by atoms with E-state index in [1.807, 2.05) is 25.7 Å². The van der Waals surface area contributed by atoms with E-state index < -0.39 is 5.91 Å². The quantitative estimate of drug-likeness (QED) is 0.781. The number of amides is 2. The molecule has 0 spiro atoms. The maximum Gasteiger partial charge on any atom is 0.410 e. The third kappa shape index (κ3) is 4.62. The molecule has 0 bridgehead atoms. The summed E-state index contributed by atoms with van der Waals surface area (Å²) in [5, 5.41) is 3.31. The minimum Gasteiger partial charge on any atom is -0.444 e. The molecule has 2 saturated heterocycles. The Labute approximate surface area is 135 Å². The van der Waals surface area contributed by atoms with Crippen molar-refractivity contribution in [2.75, 3.05) is 13.1 Å². The number of nitrogens with zero attached hydrogens (tertiary/aromatic N) is 3. The van der Waals surface area contributed by atoms with Crippen molar-refractivity contribution in [3.63, 3.8) is 0 Å². The first-order chi connectivity index (χ1) is 10.8. The maximum atomic E-state index is 11.7. The van der Waals surface area contributed by atoms with Crippen LogP contribution >= 0.6 is 0 Å². The van der Waals surface area contributed by atoms with Crippen molar-refractivity contribution in [3.8, 4) is 0 Å². The number of primary amides is 1. The second-order valence-corrected chi connectivity index (χ2v) is 6.50. The minimum atomic E-state index is -0.553. The van der Waals surface area contributed by atoms with Crippen LogP contribution in [0.25, 0.3) is 0 Å². The predicted octanol–water partition coefficient (Wildman–Crippen LogP) is 0.543. The first kappa shape index (κ1) is 17.1. The molecule has 23 heavy (non-hydrogen) atoms. The van der Waals surface area contributed by atoms with Crippen LogP contribution in [0.1, 0.15) is 37.7 Å². The largest absolute Gasteiger partial charge is 0.444 e. The van der Waals surface area contributed by atoms with Gasteiger partial charge in [0.1, 0.15) is 11.3 Å². The third-order valence-corrected chi connectivity index (χ3v) is 3.58. The van der Waals surface area contributed by atoms with Crippen LogP contribution in [0.2, 0.25) is 0 Å². The van der Waals surface area contributed by atoms with Gasteiger partial charge < -0.3 is 20.7 Å². The molecule has 2 fully saturated rings. The van der Waals surface area contributed by atoms with E-state index in [-0.39, 0.29) is 17.4 Å². The lowest BCUT2D eigenvalue weighted by atomic mass is 10.0. The maximum absolute atomic E-state index is 11.7. The van der Waals surface area contributed by atoms with E-state index in [4.69, 9.17) is 10.5 Å². The summed E-state index contributed by atoms with van der Waals surface area (Å²) in [7, 11) is 0. The molecule has 8 heteroatoms. The number of fused-ring (bicyclic) bond motifs is 1. The number of nitrogens with two attached hydrogens (primary N) is 1. The molecule has 0 radical (unpaired) electrons. The summed E-state index contributed by atoms with van der Waals surface area (Å²) in [6, 6.07) is 0.896. The number of carbonyl (C=O) groups excluding carboxylic acids is 2. The van der Waals surface area contributed by atoms with Crippen LogP contribution in [0.5, 0.6) is 0 Å². The van der Waals surface area contributed by atoms with E-state index in [1.165, 1.54) is 18.6 Å². The lowest BCUT2D eigenvalue weighted by molar-refractivity contribution is 0.0171. The molecule has 3 N–H and O–H groups in total. The molecule has 126 valence electrons. The molecule has 0 aromatic carbocycles. The van der Waals surface area contributed by atoms with Crippen LogP contribution in [0.4, 0.5) is 4.79 Å². The fourth-order valence-corrected chi connectivity index (χ4v) is 2.43. The normalized spacial score (nSPS) is 22.3. The fourth-order valence-electron chi connectivity index (χ4n) is 2.43. The lowest BCUT2D eigenvalue weighted by Gasteiger charge is -2.37. The highest BCUT2D eigenvalue weighted by molar-refractivity contribution is 5.90. The molecule has 1 aromatic heterocycles. The Morgan fingerprint density at radius 3 is 2.52 bits per heavy atom. The number of ether oxygens (including phenoxy) is 1. The summed E-state index contributed by atoms with van der Waals surface area (Å²) >= 11 is 0. The summed E-state index contributed by atoms with van der Waals surface area (Å²) in [5.74, 6) is -0.553. The predicted molar refractivity (Wildman–Crippen MR) is 83.7 cm³/mol. The molecule has 0 aliphatic carbocycles. The Morgan fingerprint density at radius 2 is 2.13 bits per heavy atom. The standard InChI is InChI=1S/C10H18N2O2.C5H5N3O/c1-10(2,3)14-9(13)12-5-4-7-8(12)6-11-7;6-5(9)4-3-7-1-2-8-4/h7-8,11H,4-6H2,1-3H3;1-3H,(H2,6,9). The van der Waals surface area contributed by atoms with Crippen LogP contribution in [-0.2, 0) is 4.74 Å². The molecular formula is C15H23N5O3. The van der Waals surface area contributed by atoms with Crippen LogP contribution in [0, 0.1) is 0 Å². The summed E-state index contributed by atoms with van der Waals surface area (Å²) in [6.07, 6.45) is 5.12. The van der Waals surface area contributed by atoms with Gasteiger partial charge in [-0.1, -0.05) is 0 Å². The van der Waals surface area contributed by atoms with E-state index in [0.29, 0.717) is 12.1 Å². The first-order valence-electron chi connectivity index (χ1n) is 7.57. The molecule has 2 unspecified atom stereocenters. The summed E-state index contributed by atoms with van der Waals surface area (Å²) in [6.45, 7) is 7.45. The number of nitrogens with one attached hydrogen (secondary N) is 1. The SMILES string of the molecule is CC(C)(C)OC(=O)N1CCC2NCC21.NC(=O)c1cnccn1. The molecule has 2 aliphatic heterocycles. The Balaban J connectivity index is 0.000000185. The third-order valence-electron chi connectivity index (χ3n) is 3.58. The van der Waals surface area contributed by atoms with E-state index in [1.54, 1.807) is 0 Å². The van der Waals surface area contributed by atoms with Gasteiger partial charge in [0.2, 0.25) is 0 Å². The van der Waals surface area contributed by atoms with Crippen molar-refractivity contribution in [2.24, 2.45) is 5.73 Å². The average molecular weight is 321 g/mol. The summed E-state index contributed by atoms with van der Waals surface area (Å²) in [4.78, 5) is 31.2. The summed E-state index contributed by atoms with van der Waals surface area (Å²) in [5.41, 5.74) is 4.68. The van der Waals surface area contributed by atoms with Crippen molar-refractivity contribution >= 4 is 12.0 Å². The van der Waals surface area contributed by atoms with E-state index in [9.17, 15) is 9.59 Å². The van der Waals surface area contributed by atoms with Crippen LogP contribution in [-0.4, -0.2) is 57.6 Å². The summed E-state index contributed by atoms with van der Waals surface area (Å²) < 4.78 is 5.33. The molecule has 3 heterocycles. The van der Waals surface area contributed by atoms with Gasteiger partial charge in [-0.15, -0.1) is 0 Å². The van der Waals surface area contributed by atoms with Gasteiger partial charge in [-0.2, -0.15) is 0 Å².